The summed E-state index contributed by atoms with van der Waals surface area (Å²) in [5, 5.41) is 0.153. The third-order valence-corrected chi connectivity index (χ3v) is 2.36. The Morgan fingerprint density at radius 3 is 2.67 bits per heavy atom. The van der Waals surface area contributed by atoms with Crippen LogP contribution in [-0.2, 0) is 6.54 Å². The van der Waals surface area contributed by atoms with Crippen molar-refractivity contribution in [2.75, 3.05) is 5.43 Å². The van der Waals surface area contributed by atoms with Gasteiger partial charge in [-0.05, 0) is 29.8 Å². The van der Waals surface area contributed by atoms with E-state index in [0.29, 0.717) is 6.54 Å². The van der Waals surface area contributed by atoms with Crippen molar-refractivity contribution in [1.82, 2.24) is 4.68 Å². The monoisotopic (exact) mass is 224 g/mol. The van der Waals surface area contributed by atoms with Crippen LogP contribution < -0.4 is 5.43 Å². The topological polar surface area (TPSA) is 17.0 Å². The molecule has 1 aromatic heterocycles. The number of rotatable bonds is 3. The fourth-order valence-electron chi connectivity index (χ4n) is 1.27. The molecule has 78 valence electrons. The van der Waals surface area contributed by atoms with E-state index >= 15 is 0 Å². The maximum absolute atomic E-state index is 13.1. The highest BCUT2D eigenvalue weighted by Gasteiger charge is 2.00. The number of hydrogen-bond donors (Lipinski definition) is 1. The maximum Gasteiger partial charge on any atom is 0.142 e. The minimum atomic E-state index is -0.386. The molecule has 0 atom stereocenters. The quantitative estimate of drug-likeness (QED) is 0.848. The summed E-state index contributed by atoms with van der Waals surface area (Å²) in [6.45, 7) is 0.558. The van der Waals surface area contributed by atoms with E-state index in [1.807, 2.05) is 29.2 Å². The van der Waals surface area contributed by atoms with Gasteiger partial charge in [-0.2, -0.15) is 0 Å². The fourth-order valence-corrected chi connectivity index (χ4v) is 1.39. The highest BCUT2D eigenvalue weighted by Crippen LogP contribution is 2.15. The van der Waals surface area contributed by atoms with Crippen molar-refractivity contribution in [1.29, 1.82) is 0 Å². The molecular weight excluding hydrogens is 215 g/mol. The van der Waals surface area contributed by atoms with Crippen LogP contribution >= 0.6 is 11.6 Å². The molecule has 0 saturated carbocycles. The Labute approximate surface area is 92.3 Å². The summed E-state index contributed by atoms with van der Waals surface area (Å²) in [5.74, 6) is -0.386. The summed E-state index contributed by atoms with van der Waals surface area (Å²) >= 11 is 5.58. The molecule has 2 nitrogen and oxygen atoms in total. The van der Waals surface area contributed by atoms with Crippen LogP contribution in [0.3, 0.4) is 0 Å². The number of aromatic nitrogens is 1. The lowest BCUT2D eigenvalue weighted by Gasteiger charge is -2.07. The van der Waals surface area contributed by atoms with Crippen LogP contribution in [0.5, 0.6) is 0 Å². The van der Waals surface area contributed by atoms with Gasteiger partial charge < -0.3 is 5.43 Å². The van der Waals surface area contributed by atoms with Gasteiger partial charge in [0.05, 0.1) is 11.6 Å². The van der Waals surface area contributed by atoms with Gasteiger partial charge in [0.15, 0.2) is 0 Å². The summed E-state index contributed by atoms with van der Waals surface area (Å²) in [4.78, 5) is 0. The normalized spacial score (nSPS) is 10.3. The van der Waals surface area contributed by atoms with Crippen LogP contribution in [0.1, 0.15) is 5.56 Å². The Morgan fingerprint density at radius 2 is 2.00 bits per heavy atom. The van der Waals surface area contributed by atoms with Crippen molar-refractivity contribution < 1.29 is 4.39 Å². The highest BCUT2D eigenvalue weighted by molar-refractivity contribution is 6.30. The second-order valence-corrected chi connectivity index (χ2v) is 3.58. The Balaban J connectivity index is 2.02. The highest BCUT2D eigenvalue weighted by atomic mass is 35.5. The minimum absolute atomic E-state index is 0.153. The fraction of sp³-hybridized carbons (Fsp3) is 0.0909. The van der Waals surface area contributed by atoms with E-state index in [0.717, 1.165) is 5.56 Å². The van der Waals surface area contributed by atoms with E-state index in [9.17, 15) is 4.39 Å². The molecule has 0 bridgehead atoms. The first kappa shape index (κ1) is 10.1. The minimum Gasteiger partial charge on any atom is -0.322 e. The molecule has 0 aliphatic rings. The molecule has 1 N–H and O–H groups in total. The number of hydrogen-bond acceptors (Lipinski definition) is 1. The summed E-state index contributed by atoms with van der Waals surface area (Å²) < 4.78 is 14.9. The van der Waals surface area contributed by atoms with Crippen LogP contribution in [0.2, 0.25) is 5.02 Å². The molecule has 4 heteroatoms. The van der Waals surface area contributed by atoms with Gasteiger partial charge in [0.25, 0.3) is 0 Å². The van der Waals surface area contributed by atoms with Crippen LogP contribution in [0, 0.1) is 5.82 Å². The van der Waals surface area contributed by atoms with Gasteiger partial charge in [0.2, 0.25) is 0 Å². The molecule has 0 spiro atoms. The first-order valence-electron chi connectivity index (χ1n) is 4.56. The van der Waals surface area contributed by atoms with Crippen LogP contribution in [0.25, 0.3) is 0 Å². The van der Waals surface area contributed by atoms with E-state index in [1.165, 1.54) is 6.07 Å². The molecule has 0 aliphatic heterocycles. The number of halogens is 2. The van der Waals surface area contributed by atoms with Crippen LogP contribution in [0.4, 0.5) is 4.39 Å². The van der Waals surface area contributed by atoms with E-state index in [4.69, 9.17) is 11.6 Å². The maximum atomic E-state index is 13.1. The Morgan fingerprint density at radius 1 is 1.27 bits per heavy atom. The Bertz CT molecular complexity index is 440. The van der Waals surface area contributed by atoms with Crippen molar-refractivity contribution in [3.63, 3.8) is 0 Å². The van der Waals surface area contributed by atoms with Gasteiger partial charge in [-0.15, -0.1) is 0 Å². The van der Waals surface area contributed by atoms with Crippen molar-refractivity contribution in [2.45, 2.75) is 6.54 Å². The van der Waals surface area contributed by atoms with Crippen molar-refractivity contribution >= 4 is 11.6 Å². The second-order valence-electron chi connectivity index (χ2n) is 3.17. The lowest BCUT2D eigenvalue weighted by molar-refractivity contribution is 0.625. The van der Waals surface area contributed by atoms with E-state index in [1.54, 1.807) is 12.1 Å². The zero-order chi connectivity index (χ0) is 10.7. The molecule has 2 rings (SSSR count). The average Bonchev–Trinajstić information content (AvgIpc) is 2.73. The van der Waals surface area contributed by atoms with E-state index in [2.05, 4.69) is 5.43 Å². The van der Waals surface area contributed by atoms with Gasteiger partial charge >= 0.3 is 0 Å². The van der Waals surface area contributed by atoms with Gasteiger partial charge in [-0.1, -0.05) is 17.7 Å². The van der Waals surface area contributed by atoms with Crippen LogP contribution in [0.15, 0.2) is 42.7 Å². The van der Waals surface area contributed by atoms with Gasteiger partial charge in [-0.25, -0.2) is 4.39 Å². The molecule has 0 aliphatic carbocycles. The second kappa shape index (κ2) is 4.36. The van der Waals surface area contributed by atoms with Crippen LogP contribution in [-0.4, -0.2) is 4.68 Å². The molecular formula is C11H10ClFN2. The predicted octanol–water partition coefficient (Wildman–Crippen LogP) is 3.02. The molecule has 0 radical (unpaired) electrons. The Hall–Kier alpha value is -1.48. The number of nitrogens with zero attached hydrogens (tertiary/aromatic N) is 1. The molecule has 0 fully saturated rings. The van der Waals surface area contributed by atoms with Gasteiger partial charge in [0.1, 0.15) is 5.82 Å². The summed E-state index contributed by atoms with van der Waals surface area (Å²) in [7, 11) is 0. The Kier molecular flexibility index (Phi) is 2.92. The lowest BCUT2D eigenvalue weighted by atomic mass is 10.2. The molecule has 1 aromatic carbocycles. The zero-order valence-corrected chi connectivity index (χ0v) is 8.71. The molecule has 0 unspecified atom stereocenters. The largest absolute Gasteiger partial charge is 0.322 e. The standard InChI is InChI=1S/C11H10ClFN2/c12-10-4-3-9(7-11(10)13)8-14-15-5-1-2-6-15/h1-7,14H,8H2. The zero-order valence-electron chi connectivity index (χ0n) is 7.95. The average molecular weight is 225 g/mol. The van der Waals surface area contributed by atoms with Gasteiger partial charge in [-0.3, -0.25) is 4.68 Å². The van der Waals surface area contributed by atoms with Crippen molar-refractivity contribution in [3.05, 3.63) is 59.1 Å². The first-order valence-corrected chi connectivity index (χ1v) is 4.94. The first-order chi connectivity index (χ1) is 7.25. The molecule has 2 aromatic rings. The third kappa shape index (κ3) is 2.50. The number of benzene rings is 1. The van der Waals surface area contributed by atoms with Crippen molar-refractivity contribution in [3.8, 4) is 0 Å². The lowest BCUT2D eigenvalue weighted by Crippen LogP contribution is -2.11. The molecule has 15 heavy (non-hydrogen) atoms. The predicted molar refractivity (Wildman–Crippen MR) is 58.9 cm³/mol. The summed E-state index contributed by atoms with van der Waals surface area (Å²) in [6.07, 6.45) is 3.76. The summed E-state index contributed by atoms with van der Waals surface area (Å²) in [6, 6.07) is 8.61. The SMILES string of the molecule is Fc1cc(CNn2cccc2)ccc1Cl. The summed E-state index contributed by atoms with van der Waals surface area (Å²) in [5.41, 5.74) is 3.95. The molecule has 0 saturated heterocycles. The van der Waals surface area contributed by atoms with Gasteiger partial charge in [0, 0.05) is 12.4 Å². The number of nitrogens with one attached hydrogen (secondary N) is 1. The van der Waals surface area contributed by atoms with E-state index in [-0.39, 0.29) is 10.8 Å². The third-order valence-electron chi connectivity index (χ3n) is 2.05. The molecule has 0 amide bonds. The smallest absolute Gasteiger partial charge is 0.142 e. The van der Waals surface area contributed by atoms with Crippen molar-refractivity contribution in [2.24, 2.45) is 0 Å². The molecule has 1 heterocycles. The van der Waals surface area contributed by atoms with E-state index < -0.39 is 0 Å².